The monoisotopic (exact) mass is 316 g/mol. The number of carbonyl (C=O) groups excluding carboxylic acids is 2. The van der Waals surface area contributed by atoms with E-state index in [1.807, 2.05) is 0 Å². The molecule has 0 amide bonds. The third-order valence-corrected chi connectivity index (χ3v) is 7.37. The van der Waals surface area contributed by atoms with Crippen LogP contribution in [0.3, 0.4) is 0 Å². The zero-order valence-corrected chi connectivity index (χ0v) is 14.7. The van der Waals surface area contributed by atoms with Gasteiger partial charge in [0.05, 0.1) is 11.8 Å². The summed E-state index contributed by atoms with van der Waals surface area (Å²) < 4.78 is 5.08. The normalized spacial score (nSPS) is 40.7. The summed E-state index contributed by atoms with van der Waals surface area (Å²) in [7, 11) is 0. The summed E-state index contributed by atoms with van der Waals surface area (Å²) in [5.74, 6) is 1.61. The molecule has 0 N–H and O–H groups in total. The molecule has 0 spiro atoms. The number of furan rings is 1. The third kappa shape index (κ3) is 2.49. The van der Waals surface area contributed by atoms with Crippen LogP contribution in [0.2, 0.25) is 0 Å². The molecule has 2 saturated carbocycles. The Balaban J connectivity index is 1.92. The molecule has 126 valence electrons. The van der Waals surface area contributed by atoms with Gasteiger partial charge < -0.3 is 4.42 Å². The molecule has 3 rings (SSSR count). The number of Topliss-reactive ketones (excluding diaryl/α,β-unsaturated/α-hetero) is 2. The molecule has 0 radical (unpaired) electrons. The van der Waals surface area contributed by atoms with Gasteiger partial charge in [0.2, 0.25) is 0 Å². The second kappa shape index (κ2) is 5.61. The van der Waals surface area contributed by atoms with Crippen LogP contribution in [0.15, 0.2) is 23.0 Å². The Morgan fingerprint density at radius 1 is 1.30 bits per heavy atom. The molecule has 2 fully saturated rings. The van der Waals surface area contributed by atoms with Crippen molar-refractivity contribution in [3.05, 3.63) is 24.2 Å². The highest BCUT2D eigenvalue weighted by molar-refractivity contribution is 5.96. The average molecular weight is 316 g/mol. The number of fused-ring (bicyclic) bond motifs is 1. The van der Waals surface area contributed by atoms with Gasteiger partial charge in [-0.15, -0.1) is 0 Å². The van der Waals surface area contributed by atoms with Gasteiger partial charge in [-0.1, -0.05) is 27.7 Å². The fourth-order valence-electron chi connectivity index (χ4n) is 5.35. The minimum atomic E-state index is -0.0453. The number of ketones is 2. The Morgan fingerprint density at radius 3 is 2.70 bits per heavy atom. The molecule has 0 unspecified atom stereocenters. The maximum atomic E-state index is 12.7. The molecule has 1 heterocycles. The van der Waals surface area contributed by atoms with E-state index < -0.39 is 0 Å². The van der Waals surface area contributed by atoms with Gasteiger partial charge in [0.1, 0.15) is 12.0 Å². The van der Waals surface area contributed by atoms with Gasteiger partial charge in [0.15, 0.2) is 5.78 Å². The highest BCUT2D eigenvalue weighted by atomic mass is 16.3. The molecule has 2 aliphatic carbocycles. The maximum Gasteiger partial charge on any atom is 0.166 e. The van der Waals surface area contributed by atoms with Crippen molar-refractivity contribution in [1.29, 1.82) is 0 Å². The lowest BCUT2D eigenvalue weighted by Gasteiger charge is -2.59. The van der Waals surface area contributed by atoms with Crippen molar-refractivity contribution in [2.75, 3.05) is 0 Å². The summed E-state index contributed by atoms with van der Waals surface area (Å²) in [6.45, 7) is 8.94. The second-order valence-electron chi connectivity index (χ2n) is 8.34. The first-order valence-electron chi connectivity index (χ1n) is 8.87. The summed E-state index contributed by atoms with van der Waals surface area (Å²) in [5.41, 5.74) is 0.662. The SMILES string of the molecule is C[C@@H]1CC[C@]2(C)[C@H](CCC(=O)[C@H]2C)[C@@]1(C)CC(=O)c1ccoc1. The Labute approximate surface area is 138 Å². The van der Waals surface area contributed by atoms with Crippen molar-refractivity contribution in [2.45, 2.75) is 59.8 Å². The van der Waals surface area contributed by atoms with Crippen LogP contribution in [0.5, 0.6) is 0 Å². The molecule has 0 aliphatic heterocycles. The Hall–Kier alpha value is -1.38. The molecule has 1 aromatic rings. The molecule has 23 heavy (non-hydrogen) atoms. The molecule has 5 atom stereocenters. The van der Waals surface area contributed by atoms with E-state index in [9.17, 15) is 9.59 Å². The molecule has 1 aromatic heterocycles. The molecular weight excluding hydrogens is 288 g/mol. The summed E-state index contributed by atoms with van der Waals surface area (Å²) in [6.07, 6.45) is 7.45. The van der Waals surface area contributed by atoms with E-state index in [2.05, 4.69) is 27.7 Å². The van der Waals surface area contributed by atoms with Gasteiger partial charge in [-0.3, -0.25) is 9.59 Å². The van der Waals surface area contributed by atoms with E-state index in [0.29, 0.717) is 36.0 Å². The number of carbonyl (C=O) groups is 2. The molecule has 3 nitrogen and oxygen atoms in total. The zero-order valence-electron chi connectivity index (χ0n) is 14.7. The van der Waals surface area contributed by atoms with E-state index in [0.717, 1.165) is 19.3 Å². The topological polar surface area (TPSA) is 47.3 Å². The van der Waals surface area contributed by atoms with Crippen LogP contribution < -0.4 is 0 Å². The molecule has 0 bridgehead atoms. The second-order valence-corrected chi connectivity index (χ2v) is 8.34. The van der Waals surface area contributed by atoms with Gasteiger partial charge in [-0.2, -0.15) is 0 Å². The van der Waals surface area contributed by atoms with Crippen LogP contribution in [0.1, 0.15) is 70.2 Å². The Bertz CT molecular complexity index is 602. The first-order chi connectivity index (χ1) is 10.8. The van der Waals surface area contributed by atoms with Crippen molar-refractivity contribution in [1.82, 2.24) is 0 Å². The predicted molar refractivity (Wildman–Crippen MR) is 89.2 cm³/mol. The molecular formula is C20H28O3. The van der Waals surface area contributed by atoms with E-state index in [4.69, 9.17) is 4.42 Å². The Morgan fingerprint density at radius 2 is 2.04 bits per heavy atom. The number of rotatable bonds is 3. The van der Waals surface area contributed by atoms with Crippen molar-refractivity contribution in [2.24, 2.45) is 28.6 Å². The van der Waals surface area contributed by atoms with Gasteiger partial charge in [0.25, 0.3) is 0 Å². The van der Waals surface area contributed by atoms with Crippen LogP contribution in [-0.4, -0.2) is 11.6 Å². The highest BCUT2D eigenvalue weighted by Crippen LogP contribution is 2.62. The first-order valence-corrected chi connectivity index (χ1v) is 8.87. The van der Waals surface area contributed by atoms with E-state index in [1.54, 1.807) is 18.6 Å². The van der Waals surface area contributed by atoms with Crippen molar-refractivity contribution in [3.8, 4) is 0 Å². The van der Waals surface area contributed by atoms with Crippen molar-refractivity contribution >= 4 is 11.6 Å². The van der Waals surface area contributed by atoms with Gasteiger partial charge in [-0.25, -0.2) is 0 Å². The minimum Gasteiger partial charge on any atom is -0.472 e. The van der Waals surface area contributed by atoms with Crippen LogP contribution in [-0.2, 0) is 4.79 Å². The zero-order chi connectivity index (χ0) is 16.8. The van der Waals surface area contributed by atoms with E-state index >= 15 is 0 Å². The third-order valence-electron chi connectivity index (χ3n) is 7.37. The highest BCUT2D eigenvalue weighted by Gasteiger charge is 2.57. The lowest BCUT2D eigenvalue weighted by atomic mass is 9.44. The van der Waals surface area contributed by atoms with Gasteiger partial charge in [-0.05, 0) is 48.0 Å². The van der Waals surface area contributed by atoms with E-state index in [1.165, 1.54) is 0 Å². The minimum absolute atomic E-state index is 0.0350. The predicted octanol–water partition coefficient (Wildman–Crippen LogP) is 4.91. The van der Waals surface area contributed by atoms with Crippen LogP contribution in [0.4, 0.5) is 0 Å². The molecule has 0 aromatic carbocycles. The quantitative estimate of drug-likeness (QED) is 0.744. The average Bonchev–Trinajstić information content (AvgIpc) is 3.03. The lowest BCUT2D eigenvalue weighted by Crippen LogP contribution is -2.55. The number of hydrogen-bond acceptors (Lipinski definition) is 3. The summed E-state index contributed by atoms with van der Waals surface area (Å²) >= 11 is 0. The lowest BCUT2D eigenvalue weighted by molar-refractivity contribution is -0.147. The fraction of sp³-hybridized carbons (Fsp3) is 0.700. The summed E-state index contributed by atoms with van der Waals surface area (Å²) in [4.78, 5) is 25.0. The van der Waals surface area contributed by atoms with E-state index in [-0.39, 0.29) is 22.5 Å². The van der Waals surface area contributed by atoms with Gasteiger partial charge in [0, 0.05) is 18.8 Å². The first kappa shape index (κ1) is 16.5. The standard InChI is InChI=1S/C20H28O3/c1-13-7-9-19(3)14(2)16(21)5-6-18(19)20(13,4)11-17(22)15-8-10-23-12-15/h8,10,12-14,18H,5-7,9,11H2,1-4H3/t13-,14-,18+,19+,20+/m1/s1. The van der Waals surface area contributed by atoms with Gasteiger partial charge >= 0.3 is 0 Å². The van der Waals surface area contributed by atoms with Crippen LogP contribution in [0, 0.1) is 28.6 Å². The van der Waals surface area contributed by atoms with Crippen molar-refractivity contribution in [3.63, 3.8) is 0 Å². The van der Waals surface area contributed by atoms with Crippen LogP contribution >= 0.6 is 0 Å². The Kier molecular flexibility index (Phi) is 4.02. The molecule has 2 aliphatic rings. The largest absolute Gasteiger partial charge is 0.472 e. The fourth-order valence-corrected chi connectivity index (χ4v) is 5.35. The maximum absolute atomic E-state index is 12.7. The smallest absolute Gasteiger partial charge is 0.166 e. The van der Waals surface area contributed by atoms with Crippen LogP contribution in [0.25, 0.3) is 0 Å². The summed E-state index contributed by atoms with van der Waals surface area (Å²) in [6, 6.07) is 1.76. The summed E-state index contributed by atoms with van der Waals surface area (Å²) in [5, 5.41) is 0. The van der Waals surface area contributed by atoms with Crippen molar-refractivity contribution < 1.29 is 14.0 Å². The molecule has 3 heteroatoms. The number of hydrogen-bond donors (Lipinski definition) is 0. The molecule has 0 saturated heterocycles.